The lowest BCUT2D eigenvalue weighted by atomic mass is 9.79. The van der Waals surface area contributed by atoms with Gasteiger partial charge in [-0.15, -0.1) is 0 Å². The number of phenols is 1. The SMILES string of the molecule is [2H]c1c([2H])c([2H])c(-c2cc(-c3cc(-c4ccccc4)ccn3)cc(-c3cccc4c3nc(-c3cc(C(C)(C)C)cc(C(C)(C)C)c3O)n4-c3ccc(C(C([2H])([2H])[2H])(C([2H])([2H])[2H])C([2H])([2H])[2H])cc3-c3ccccc3)c2)c([2H])c1[2H]. The summed E-state index contributed by atoms with van der Waals surface area (Å²) < 4.78 is 123. The Bertz CT molecular complexity index is 3730. The maximum Gasteiger partial charge on any atom is 0.149 e. The van der Waals surface area contributed by atoms with Gasteiger partial charge in [-0.3, -0.25) is 9.55 Å². The molecular formula is C60H57N3O. The first kappa shape index (κ1) is 28.6. The van der Waals surface area contributed by atoms with Gasteiger partial charge in [-0.1, -0.05) is 177 Å². The van der Waals surface area contributed by atoms with Gasteiger partial charge >= 0.3 is 0 Å². The van der Waals surface area contributed by atoms with Crippen molar-refractivity contribution in [2.24, 2.45) is 0 Å². The molecule has 7 aromatic carbocycles. The molecule has 0 amide bonds. The lowest BCUT2D eigenvalue weighted by Gasteiger charge is -2.28. The van der Waals surface area contributed by atoms with Crippen molar-refractivity contribution in [1.82, 2.24) is 14.5 Å². The molecule has 9 rings (SSSR count). The third-order valence-electron chi connectivity index (χ3n) is 11.7. The molecule has 1 N–H and O–H groups in total. The van der Waals surface area contributed by atoms with Crippen LogP contribution in [0, 0.1) is 0 Å². The molecule has 0 fully saturated rings. The average molecular weight is 850 g/mol. The van der Waals surface area contributed by atoms with Crippen LogP contribution in [0.15, 0.2) is 176 Å². The molecule has 0 aliphatic rings. The molecule has 0 saturated heterocycles. The van der Waals surface area contributed by atoms with Gasteiger partial charge in [0.2, 0.25) is 0 Å². The van der Waals surface area contributed by atoms with E-state index in [1.54, 1.807) is 59.3 Å². The predicted molar refractivity (Wildman–Crippen MR) is 269 cm³/mol. The van der Waals surface area contributed by atoms with Gasteiger partial charge in [0.25, 0.3) is 0 Å². The Hall–Kier alpha value is -7.04. The van der Waals surface area contributed by atoms with Gasteiger partial charge < -0.3 is 5.11 Å². The van der Waals surface area contributed by atoms with Crippen LogP contribution in [-0.2, 0) is 16.2 Å². The largest absolute Gasteiger partial charge is 0.507 e. The van der Waals surface area contributed by atoms with Crippen molar-refractivity contribution in [3.63, 3.8) is 0 Å². The molecule has 64 heavy (non-hydrogen) atoms. The summed E-state index contributed by atoms with van der Waals surface area (Å²) in [7, 11) is 0. The summed E-state index contributed by atoms with van der Waals surface area (Å²) in [5.41, 5.74) is 3.11. The minimum Gasteiger partial charge on any atom is -0.507 e. The monoisotopic (exact) mass is 850 g/mol. The van der Waals surface area contributed by atoms with Crippen molar-refractivity contribution in [1.29, 1.82) is 0 Å². The van der Waals surface area contributed by atoms with Crippen molar-refractivity contribution in [2.75, 3.05) is 0 Å². The van der Waals surface area contributed by atoms with Crippen molar-refractivity contribution in [3.05, 3.63) is 193 Å². The normalized spacial score (nSPS) is 16.0. The van der Waals surface area contributed by atoms with E-state index in [1.807, 2.05) is 93.6 Å². The zero-order chi connectivity index (χ0) is 56.8. The maximum atomic E-state index is 12.7. The Morgan fingerprint density at radius 2 is 1.19 bits per heavy atom. The Labute approximate surface area is 398 Å². The van der Waals surface area contributed by atoms with E-state index in [0.717, 1.165) is 16.7 Å². The average Bonchev–Trinajstić information content (AvgIpc) is 3.58. The molecule has 0 unspecified atom stereocenters. The van der Waals surface area contributed by atoms with Crippen LogP contribution in [0.25, 0.3) is 83.9 Å². The number of hydrogen-bond donors (Lipinski definition) is 1. The lowest BCUT2D eigenvalue weighted by Crippen LogP contribution is -2.17. The molecule has 0 atom stereocenters. The van der Waals surface area contributed by atoms with Gasteiger partial charge in [0.05, 0.1) is 34.8 Å². The number of imidazole rings is 1. The first-order valence-electron chi connectivity index (χ1n) is 28.2. The number of fused-ring (bicyclic) bond motifs is 1. The van der Waals surface area contributed by atoms with Crippen LogP contribution < -0.4 is 0 Å². The molecule has 0 saturated carbocycles. The predicted octanol–water partition coefficient (Wildman–Crippen LogP) is 16.0. The van der Waals surface area contributed by atoms with Gasteiger partial charge in [0.15, 0.2) is 0 Å². The third-order valence-corrected chi connectivity index (χ3v) is 11.7. The highest BCUT2D eigenvalue weighted by Crippen LogP contribution is 2.46. The molecule has 0 aliphatic carbocycles. The second-order valence-electron chi connectivity index (χ2n) is 18.3. The van der Waals surface area contributed by atoms with E-state index in [2.05, 4.69) is 20.8 Å². The van der Waals surface area contributed by atoms with Gasteiger partial charge in [-0.2, -0.15) is 0 Å². The molecular weight excluding hydrogens is 779 g/mol. The summed E-state index contributed by atoms with van der Waals surface area (Å²) in [6.45, 7) is 1.48. The molecule has 0 bridgehead atoms. The van der Waals surface area contributed by atoms with E-state index in [0.29, 0.717) is 61.4 Å². The maximum absolute atomic E-state index is 12.7. The van der Waals surface area contributed by atoms with E-state index in [-0.39, 0.29) is 22.7 Å². The van der Waals surface area contributed by atoms with Crippen LogP contribution in [0.4, 0.5) is 0 Å². The molecule has 2 heterocycles. The van der Waals surface area contributed by atoms with Gasteiger partial charge in [0, 0.05) is 40.8 Å². The number of aromatic nitrogens is 3. The second kappa shape index (κ2) is 16.3. The van der Waals surface area contributed by atoms with Gasteiger partial charge in [0.1, 0.15) is 11.6 Å². The van der Waals surface area contributed by atoms with Crippen molar-refractivity contribution in [2.45, 2.75) is 78.3 Å². The molecule has 0 aliphatic heterocycles. The minimum atomic E-state index is -3.55. The van der Waals surface area contributed by atoms with Gasteiger partial charge in [-0.25, -0.2) is 4.98 Å². The fourth-order valence-electron chi connectivity index (χ4n) is 8.25. The van der Waals surface area contributed by atoms with Crippen LogP contribution in [0.1, 0.15) is 98.0 Å². The Balaban J connectivity index is 1.44. The van der Waals surface area contributed by atoms with E-state index in [1.165, 1.54) is 18.2 Å². The quantitative estimate of drug-likeness (QED) is 0.174. The number of nitrogens with zero attached hydrogens (tertiary/aromatic N) is 3. The van der Waals surface area contributed by atoms with Crippen LogP contribution >= 0.6 is 0 Å². The standard InChI is InChI=1S/C60H57N3O/c1-58(2,3)46-28-29-53(49(36-46)41-24-17-12-18-25-41)63-54-27-19-26-48(55(54)62-57(63)50-37-47(59(4,5)6)38-51(56(50)64)60(7,8)9)44-32-43(40-22-15-11-16-23-40)33-45(34-44)52-35-42(30-31-61-52)39-20-13-10-14-21-39/h10-38,64H,1-9H3/i1D3,2D3,3D3,11D,15D,16D,22D,23D. The van der Waals surface area contributed by atoms with Crippen LogP contribution in [-0.4, -0.2) is 19.6 Å². The van der Waals surface area contributed by atoms with Crippen molar-refractivity contribution in [3.8, 4) is 78.6 Å². The molecule has 2 aromatic heterocycles. The molecule has 9 aromatic rings. The summed E-state index contributed by atoms with van der Waals surface area (Å²) >= 11 is 0. The highest BCUT2D eigenvalue weighted by molar-refractivity contribution is 5.98. The number of phenolic OH excluding ortho intramolecular Hbond substituents is 1. The lowest BCUT2D eigenvalue weighted by molar-refractivity contribution is 0.446. The molecule has 0 spiro atoms. The van der Waals surface area contributed by atoms with Crippen LogP contribution in [0.5, 0.6) is 5.75 Å². The number of para-hydroxylation sites is 1. The number of pyridine rings is 1. The number of hydrogen-bond acceptors (Lipinski definition) is 3. The fourth-order valence-corrected chi connectivity index (χ4v) is 8.25. The van der Waals surface area contributed by atoms with E-state index in [4.69, 9.17) is 29.2 Å². The Kier molecular flexibility index (Phi) is 7.27. The first-order chi connectivity index (χ1) is 36.4. The highest BCUT2D eigenvalue weighted by Gasteiger charge is 2.30. The zero-order valence-electron chi connectivity index (χ0n) is 50.6. The summed E-state index contributed by atoms with van der Waals surface area (Å²) in [6, 6.07) is 38.7. The van der Waals surface area contributed by atoms with E-state index < -0.39 is 72.6 Å². The zero-order valence-corrected chi connectivity index (χ0v) is 36.6. The van der Waals surface area contributed by atoms with E-state index >= 15 is 0 Å². The first-order valence-corrected chi connectivity index (χ1v) is 21.2. The Morgan fingerprint density at radius 3 is 1.88 bits per heavy atom. The summed E-state index contributed by atoms with van der Waals surface area (Å²) in [5, 5.41) is 12.7. The third kappa shape index (κ3) is 8.17. The summed E-state index contributed by atoms with van der Waals surface area (Å²) in [5.74, 6) is 0.164. The molecule has 4 nitrogen and oxygen atoms in total. The smallest absolute Gasteiger partial charge is 0.149 e. The summed E-state index contributed by atoms with van der Waals surface area (Å²) in [4.78, 5) is 10.2. The molecule has 4 heteroatoms. The van der Waals surface area contributed by atoms with Crippen molar-refractivity contribution < 1.29 is 24.3 Å². The number of benzene rings is 7. The molecule has 0 radical (unpaired) electrons. The van der Waals surface area contributed by atoms with Crippen LogP contribution in [0.2, 0.25) is 0 Å². The second-order valence-corrected chi connectivity index (χ2v) is 18.3. The van der Waals surface area contributed by atoms with Crippen LogP contribution in [0.3, 0.4) is 0 Å². The van der Waals surface area contributed by atoms with E-state index in [9.17, 15) is 5.11 Å². The van der Waals surface area contributed by atoms with Gasteiger partial charge in [-0.05, 0) is 115 Å². The minimum absolute atomic E-state index is 0.0322. The fraction of sp³-hybridized carbons (Fsp3) is 0.200. The molecule has 318 valence electrons. The summed E-state index contributed by atoms with van der Waals surface area (Å²) in [6.07, 6.45) is 1.68. The number of aromatic hydroxyl groups is 1. The van der Waals surface area contributed by atoms with Crippen molar-refractivity contribution >= 4 is 11.0 Å². The number of rotatable bonds is 7. The highest BCUT2D eigenvalue weighted by atomic mass is 16.3. The topological polar surface area (TPSA) is 50.9 Å². The Morgan fingerprint density at radius 1 is 0.516 bits per heavy atom.